The standard InChI is InChI=1S/C44H28O/c1-3-12-29(13-4-1)31-16-11-17-32(26-31)33-22-24-35-40-27-34(23-25-41(40)45-42(35)28-33)44-38-20-9-7-18-36(38)43(30-14-5-2-6-15-30)37-19-8-10-21-39(37)44/h1-28H. The van der Waals surface area contributed by atoms with Crippen LogP contribution < -0.4 is 0 Å². The van der Waals surface area contributed by atoms with Crippen LogP contribution in [0.2, 0.25) is 0 Å². The van der Waals surface area contributed by atoms with Crippen LogP contribution in [0.15, 0.2) is 174 Å². The molecule has 1 heteroatoms. The van der Waals surface area contributed by atoms with Crippen molar-refractivity contribution in [1.29, 1.82) is 0 Å². The minimum atomic E-state index is 0.901. The smallest absolute Gasteiger partial charge is 0.136 e. The second-order valence-electron chi connectivity index (χ2n) is 11.7. The highest BCUT2D eigenvalue weighted by Gasteiger charge is 2.18. The molecule has 0 radical (unpaired) electrons. The second kappa shape index (κ2) is 10.4. The molecule has 210 valence electrons. The quantitative estimate of drug-likeness (QED) is 0.191. The van der Waals surface area contributed by atoms with E-state index in [0.717, 1.165) is 27.5 Å². The monoisotopic (exact) mass is 572 g/mol. The van der Waals surface area contributed by atoms with Crippen LogP contribution in [0.5, 0.6) is 0 Å². The molecule has 1 heterocycles. The minimum Gasteiger partial charge on any atom is -0.456 e. The Balaban J connectivity index is 1.22. The first kappa shape index (κ1) is 25.6. The summed E-state index contributed by atoms with van der Waals surface area (Å²) < 4.78 is 6.47. The van der Waals surface area contributed by atoms with E-state index in [2.05, 4.69) is 170 Å². The highest BCUT2D eigenvalue weighted by molar-refractivity contribution is 6.22. The normalized spacial score (nSPS) is 11.6. The molecular weight excluding hydrogens is 544 g/mol. The molecule has 9 rings (SSSR count). The fraction of sp³-hybridized carbons (Fsp3) is 0. The van der Waals surface area contributed by atoms with E-state index >= 15 is 0 Å². The first-order valence-electron chi connectivity index (χ1n) is 15.4. The van der Waals surface area contributed by atoms with Crippen LogP contribution in [0.4, 0.5) is 0 Å². The molecule has 0 bridgehead atoms. The zero-order valence-electron chi connectivity index (χ0n) is 24.6. The summed E-state index contributed by atoms with van der Waals surface area (Å²) >= 11 is 0. The van der Waals surface area contributed by atoms with E-state index in [1.807, 2.05) is 0 Å². The summed E-state index contributed by atoms with van der Waals surface area (Å²) in [6.45, 7) is 0. The molecule has 1 aromatic heterocycles. The number of benzene rings is 8. The molecule has 0 atom stereocenters. The molecule has 45 heavy (non-hydrogen) atoms. The molecule has 0 amide bonds. The van der Waals surface area contributed by atoms with Crippen LogP contribution in [-0.2, 0) is 0 Å². The van der Waals surface area contributed by atoms with E-state index in [1.54, 1.807) is 0 Å². The summed E-state index contributed by atoms with van der Waals surface area (Å²) in [5, 5.41) is 7.29. The molecule has 0 unspecified atom stereocenters. The van der Waals surface area contributed by atoms with Crippen LogP contribution in [0.1, 0.15) is 0 Å². The lowest BCUT2D eigenvalue weighted by Crippen LogP contribution is -1.90. The first-order valence-corrected chi connectivity index (χ1v) is 15.4. The third kappa shape index (κ3) is 4.24. The average molecular weight is 573 g/mol. The van der Waals surface area contributed by atoms with Gasteiger partial charge >= 0.3 is 0 Å². The molecule has 0 saturated heterocycles. The van der Waals surface area contributed by atoms with Gasteiger partial charge in [0, 0.05) is 10.8 Å². The number of rotatable bonds is 4. The predicted octanol–water partition coefficient (Wildman–Crippen LogP) is 12.6. The average Bonchev–Trinajstić information content (AvgIpc) is 3.48. The van der Waals surface area contributed by atoms with Crippen molar-refractivity contribution in [3.63, 3.8) is 0 Å². The van der Waals surface area contributed by atoms with E-state index in [0.29, 0.717) is 0 Å². The van der Waals surface area contributed by atoms with Crippen molar-refractivity contribution in [1.82, 2.24) is 0 Å². The maximum atomic E-state index is 6.47. The highest BCUT2D eigenvalue weighted by atomic mass is 16.3. The van der Waals surface area contributed by atoms with Gasteiger partial charge in [0.05, 0.1) is 0 Å². The molecule has 0 spiro atoms. The lowest BCUT2D eigenvalue weighted by Gasteiger charge is -2.17. The van der Waals surface area contributed by atoms with Crippen LogP contribution in [0.25, 0.3) is 88.0 Å². The zero-order valence-corrected chi connectivity index (χ0v) is 24.6. The van der Waals surface area contributed by atoms with Gasteiger partial charge in [-0.3, -0.25) is 0 Å². The van der Waals surface area contributed by atoms with Gasteiger partial charge in [0.1, 0.15) is 11.2 Å². The SMILES string of the molecule is c1ccc(-c2cccc(-c3ccc4c(c3)oc3ccc(-c5c6ccccc6c(-c6ccccc6)c6ccccc56)cc34)c2)cc1. The lowest BCUT2D eigenvalue weighted by molar-refractivity contribution is 0.669. The van der Waals surface area contributed by atoms with Gasteiger partial charge in [-0.1, -0.05) is 140 Å². The molecule has 0 saturated carbocycles. The molecule has 0 aliphatic heterocycles. The Hall–Kier alpha value is -5.92. The highest BCUT2D eigenvalue weighted by Crippen LogP contribution is 2.45. The first-order chi connectivity index (χ1) is 22.3. The van der Waals surface area contributed by atoms with Crippen LogP contribution in [-0.4, -0.2) is 0 Å². The number of hydrogen-bond donors (Lipinski definition) is 0. The van der Waals surface area contributed by atoms with Crippen molar-refractivity contribution in [2.24, 2.45) is 0 Å². The van der Waals surface area contributed by atoms with Gasteiger partial charge in [-0.15, -0.1) is 0 Å². The van der Waals surface area contributed by atoms with Crippen molar-refractivity contribution < 1.29 is 4.42 Å². The van der Waals surface area contributed by atoms with Crippen LogP contribution in [0.3, 0.4) is 0 Å². The second-order valence-corrected chi connectivity index (χ2v) is 11.7. The molecule has 9 aromatic rings. The van der Waals surface area contributed by atoms with E-state index in [1.165, 1.54) is 60.5 Å². The number of hydrogen-bond acceptors (Lipinski definition) is 1. The molecule has 0 fully saturated rings. The van der Waals surface area contributed by atoms with Crippen LogP contribution >= 0.6 is 0 Å². The molecule has 0 aliphatic rings. The fourth-order valence-corrected chi connectivity index (χ4v) is 6.98. The van der Waals surface area contributed by atoms with Gasteiger partial charge in [-0.05, 0) is 96.4 Å². The van der Waals surface area contributed by atoms with Gasteiger partial charge in [-0.2, -0.15) is 0 Å². The summed E-state index contributed by atoms with van der Waals surface area (Å²) in [5.74, 6) is 0. The predicted molar refractivity (Wildman–Crippen MR) is 190 cm³/mol. The third-order valence-corrected chi connectivity index (χ3v) is 9.06. The van der Waals surface area contributed by atoms with Gasteiger partial charge in [0.15, 0.2) is 0 Å². The maximum absolute atomic E-state index is 6.47. The Morgan fingerprint density at radius 1 is 0.244 bits per heavy atom. The van der Waals surface area contributed by atoms with Crippen LogP contribution in [0, 0.1) is 0 Å². The topological polar surface area (TPSA) is 13.1 Å². The molecule has 0 aliphatic carbocycles. The molecular formula is C44H28O. The van der Waals surface area contributed by atoms with Gasteiger partial charge in [-0.25, -0.2) is 0 Å². The van der Waals surface area contributed by atoms with Crippen molar-refractivity contribution in [2.75, 3.05) is 0 Å². The van der Waals surface area contributed by atoms with Crippen molar-refractivity contribution in [3.05, 3.63) is 170 Å². The number of furan rings is 1. The van der Waals surface area contributed by atoms with E-state index < -0.39 is 0 Å². The Labute approximate surface area is 261 Å². The van der Waals surface area contributed by atoms with E-state index in [9.17, 15) is 0 Å². The summed E-state index contributed by atoms with van der Waals surface area (Å²) in [4.78, 5) is 0. The molecule has 8 aromatic carbocycles. The molecule has 0 N–H and O–H groups in total. The third-order valence-electron chi connectivity index (χ3n) is 9.06. The van der Waals surface area contributed by atoms with Gasteiger partial charge < -0.3 is 4.42 Å². The Kier molecular flexibility index (Phi) is 5.89. The van der Waals surface area contributed by atoms with Gasteiger partial charge in [0.25, 0.3) is 0 Å². The Morgan fingerprint density at radius 3 is 1.38 bits per heavy atom. The number of fused-ring (bicyclic) bond motifs is 5. The largest absolute Gasteiger partial charge is 0.456 e. The van der Waals surface area contributed by atoms with Gasteiger partial charge in [0.2, 0.25) is 0 Å². The Morgan fingerprint density at radius 2 is 0.733 bits per heavy atom. The van der Waals surface area contributed by atoms with E-state index in [-0.39, 0.29) is 0 Å². The van der Waals surface area contributed by atoms with Crippen molar-refractivity contribution in [2.45, 2.75) is 0 Å². The summed E-state index contributed by atoms with van der Waals surface area (Å²) in [6, 6.07) is 60.9. The lowest BCUT2D eigenvalue weighted by atomic mass is 9.86. The summed E-state index contributed by atoms with van der Waals surface area (Å²) in [7, 11) is 0. The van der Waals surface area contributed by atoms with Crippen molar-refractivity contribution in [3.8, 4) is 44.5 Å². The Bertz CT molecular complexity index is 2460. The van der Waals surface area contributed by atoms with Crippen molar-refractivity contribution >= 4 is 43.5 Å². The molecule has 1 nitrogen and oxygen atoms in total. The minimum absolute atomic E-state index is 0.901. The van der Waals surface area contributed by atoms with E-state index in [4.69, 9.17) is 4.42 Å². The fourth-order valence-electron chi connectivity index (χ4n) is 6.98. The maximum Gasteiger partial charge on any atom is 0.136 e. The summed E-state index contributed by atoms with van der Waals surface area (Å²) in [6.07, 6.45) is 0. The zero-order chi connectivity index (χ0) is 29.7. The summed E-state index contributed by atoms with van der Waals surface area (Å²) in [5.41, 5.74) is 11.5.